The van der Waals surface area contributed by atoms with Gasteiger partial charge in [-0.25, -0.2) is 4.79 Å². The normalized spacial score (nSPS) is 21.5. The minimum atomic E-state index is -1.07. The zero-order valence-corrected chi connectivity index (χ0v) is 10.4. The van der Waals surface area contributed by atoms with E-state index in [-0.39, 0.29) is 11.4 Å². The smallest absolute Gasteiger partial charge is 0.375 e. The largest absolute Gasteiger partial charge is 0.479 e. The van der Waals surface area contributed by atoms with Gasteiger partial charge in [0.05, 0.1) is 6.54 Å². The summed E-state index contributed by atoms with van der Waals surface area (Å²) in [5.74, 6) is -0.753. The van der Waals surface area contributed by atoms with Crippen LogP contribution < -0.4 is 9.64 Å². The van der Waals surface area contributed by atoms with Gasteiger partial charge in [0, 0.05) is 7.05 Å². The van der Waals surface area contributed by atoms with Crippen LogP contribution in [0.15, 0.2) is 10.7 Å². The standard InChI is InChI=1S/C13H17NO4/c1-14-8-13(5-3-2-4-6-13)18-10-9(14)7-17-11(10)12(15)16/h7H,2-6,8H2,1H3,(H,15,16). The molecule has 1 aliphatic heterocycles. The molecule has 3 rings (SSSR count). The molecule has 0 bridgehead atoms. The van der Waals surface area contributed by atoms with Gasteiger partial charge < -0.3 is 19.2 Å². The summed E-state index contributed by atoms with van der Waals surface area (Å²) in [6, 6.07) is 0. The van der Waals surface area contributed by atoms with E-state index < -0.39 is 5.97 Å². The first-order valence-corrected chi connectivity index (χ1v) is 6.36. The molecule has 0 radical (unpaired) electrons. The van der Waals surface area contributed by atoms with Crippen LogP contribution in [0.1, 0.15) is 42.7 Å². The van der Waals surface area contributed by atoms with E-state index in [1.54, 1.807) is 0 Å². The monoisotopic (exact) mass is 251 g/mol. The molecule has 1 aliphatic carbocycles. The number of furan rings is 1. The lowest BCUT2D eigenvalue weighted by atomic mass is 9.83. The summed E-state index contributed by atoms with van der Waals surface area (Å²) in [5.41, 5.74) is 0.511. The number of carboxylic acid groups (broad SMARTS) is 1. The molecule has 2 heterocycles. The summed E-state index contributed by atoms with van der Waals surface area (Å²) in [6.07, 6.45) is 6.96. The van der Waals surface area contributed by atoms with Crippen LogP contribution in [0.3, 0.4) is 0 Å². The molecular weight excluding hydrogens is 234 g/mol. The Bertz CT molecular complexity index is 473. The molecule has 0 aromatic carbocycles. The van der Waals surface area contributed by atoms with Crippen molar-refractivity contribution in [2.75, 3.05) is 18.5 Å². The maximum atomic E-state index is 11.1. The number of carboxylic acids is 1. The summed E-state index contributed by atoms with van der Waals surface area (Å²) in [5, 5.41) is 9.11. The summed E-state index contributed by atoms with van der Waals surface area (Å²) in [7, 11) is 1.96. The lowest BCUT2D eigenvalue weighted by Gasteiger charge is -2.44. The maximum absolute atomic E-state index is 11.1. The molecule has 18 heavy (non-hydrogen) atoms. The Balaban J connectivity index is 1.98. The van der Waals surface area contributed by atoms with Crippen LogP contribution in [0, 0.1) is 0 Å². The molecule has 1 aromatic heterocycles. The van der Waals surface area contributed by atoms with Crippen molar-refractivity contribution in [3.8, 4) is 5.75 Å². The van der Waals surface area contributed by atoms with Crippen molar-refractivity contribution in [3.63, 3.8) is 0 Å². The van der Waals surface area contributed by atoms with Crippen molar-refractivity contribution in [2.45, 2.75) is 37.7 Å². The van der Waals surface area contributed by atoms with E-state index >= 15 is 0 Å². The number of rotatable bonds is 1. The Kier molecular flexibility index (Phi) is 2.50. The van der Waals surface area contributed by atoms with Crippen LogP contribution in [-0.4, -0.2) is 30.3 Å². The first-order chi connectivity index (χ1) is 8.61. The van der Waals surface area contributed by atoms with Crippen molar-refractivity contribution < 1.29 is 19.1 Å². The third-order valence-electron chi connectivity index (χ3n) is 3.94. The van der Waals surface area contributed by atoms with Crippen molar-refractivity contribution >= 4 is 11.7 Å². The number of fused-ring (bicyclic) bond motifs is 1. The molecule has 0 saturated heterocycles. The highest BCUT2D eigenvalue weighted by molar-refractivity contribution is 5.90. The Morgan fingerprint density at radius 2 is 2.11 bits per heavy atom. The molecule has 1 fully saturated rings. The van der Waals surface area contributed by atoms with Crippen LogP contribution in [0.25, 0.3) is 0 Å². The number of anilines is 1. The third kappa shape index (κ3) is 1.65. The van der Waals surface area contributed by atoms with E-state index in [0.717, 1.165) is 37.9 Å². The highest BCUT2D eigenvalue weighted by Gasteiger charge is 2.42. The summed E-state index contributed by atoms with van der Waals surface area (Å²) in [4.78, 5) is 13.2. The van der Waals surface area contributed by atoms with Gasteiger partial charge in [-0.2, -0.15) is 0 Å². The van der Waals surface area contributed by atoms with Gasteiger partial charge in [0.2, 0.25) is 0 Å². The topological polar surface area (TPSA) is 62.9 Å². The fraction of sp³-hybridized carbons (Fsp3) is 0.615. The van der Waals surface area contributed by atoms with E-state index in [1.807, 2.05) is 11.9 Å². The highest BCUT2D eigenvalue weighted by atomic mass is 16.5. The fourth-order valence-electron chi connectivity index (χ4n) is 3.07. The van der Waals surface area contributed by atoms with Crippen molar-refractivity contribution in [2.24, 2.45) is 0 Å². The van der Waals surface area contributed by atoms with E-state index in [2.05, 4.69) is 0 Å². The van der Waals surface area contributed by atoms with Gasteiger partial charge >= 0.3 is 5.97 Å². The Morgan fingerprint density at radius 1 is 1.39 bits per heavy atom. The van der Waals surface area contributed by atoms with Crippen LogP contribution in [-0.2, 0) is 0 Å². The lowest BCUT2D eigenvalue weighted by Crippen LogP contribution is -2.50. The number of nitrogens with zero attached hydrogens (tertiary/aromatic N) is 1. The molecule has 1 N–H and O–H groups in total. The Labute approximate surface area is 105 Å². The van der Waals surface area contributed by atoms with Crippen molar-refractivity contribution in [3.05, 3.63) is 12.0 Å². The van der Waals surface area contributed by atoms with Gasteiger partial charge in [0.1, 0.15) is 17.6 Å². The predicted octanol–water partition coefficient (Wildman–Crippen LogP) is 2.51. The Morgan fingerprint density at radius 3 is 2.78 bits per heavy atom. The molecule has 0 amide bonds. The summed E-state index contributed by atoms with van der Waals surface area (Å²) < 4.78 is 11.2. The predicted molar refractivity (Wildman–Crippen MR) is 65.4 cm³/mol. The number of ether oxygens (including phenoxy) is 1. The third-order valence-corrected chi connectivity index (χ3v) is 3.94. The summed E-state index contributed by atoms with van der Waals surface area (Å²) >= 11 is 0. The first kappa shape index (κ1) is 11.4. The summed E-state index contributed by atoms with van der Waals surface area (Å²) in [6.45, 7) is 0.804. The molecule has 5 heteroatoms. The lowest BCUT2D eigenvalue weighted by molar-refractivity contribution is 0.0270. The van der Waals surface area contributed by atoms with E-state index in [1.165, 1.54) is 12.7 Å². The van der Waals surface area contributed by atoms with Gasteiger partial charge in [-0.1, -0.05) is 6.42 Å². The van der Waals surface area contributed by atoms with Gasteiger partial charge in [-0.05, 0) is 25.7 Å². The average molecular weight is 251 g/mol. The second-order valence-electron chi connectivity index (χ2n) is 5.29. The van der Waals surface area contributed by atoms with Crippen LogP contribution >= 0.6 is 0 Å². The average Bonchev–Trinajstić information content (AvgIpc) is 2.73. The van der Waals surface area contributed by atoms with Crippen LogP contribution in [0.5, 0.6) is 5.75 Å². The van der Waals surface area contributed by atoms with E-state index in [9.17, 15) is 4.79 Å². The van der Waals surface area contributed by atoms with Crippen LogP contribution in [0.2, 0.25) is 0 Å². The number of carbonyl (C=O) groups is 1. The molecule has 0 atom stereocenters. The van der Waals surface area contributed by atoms with Gasteiger partial charge in [-0.15, -0.1) is 0 Å². The highest BCUT2D eigenvalue weighted by Crippen LogP contribution is 2.45. The van der Waals surface area contributed by atoms with Crippen LogP contribution in [0.4, 0.5) is 5.69 Å². The second-order valence-corrected chi connectivity index (χ2v) is 5.29. The fourth-order valence-corrected chi connectivity index (χ4v) is 3.07. The minimum absolute atomic E-state index is 0.0819. The van der Waals surface area contributed by atoms with E-state index in [0.29, 0.717) is 5.75 Å². The van der Waals surface area contributed by atoms with Crippen molar-refractivity contribution in [1.82, 2.24) is 0 Å². The maximum Gasteiger partial charge on any atom is 0.375 e. The quantitative estimate of drug-likeness (QED) is 0.830. The number of likely N-dealkylation sites (N-methyl/N-ethyl adjacent to an activating group) is 1. The van der Waals surface area contributed by atoms with Crippen molar-refractivity contribution in [1.29, 1.82) is 0 Å². The molecular formula is C13H17NO4. The van der Waals surface area contributed by atoms with Gasteiger partial charge in [-0.3, -0.25) is 0 Å². The molecule has 0 unspecified atom stereocenters. The number of hydrogen-bond acceptors (Lipinski definition) is 4. The molecule has 98 valence electrons. The first-order valence-electron chi connectivity index (χ1n) is 6.36. The van der Waals surface area contributed by atoms with E-state index in [4.69, 9.17) is 14.3 Å². The molecule has 1 spiro atoms. The minimum Gasteiger partial charge on any atom is -0.479 e. The second kappa shape index (κ2) is 3.93. The SMILES string of the molecule is CN1CC2(CCCCC2)Oc2c1coc2C(=O)O. The number of aromatic carboxylic acids is 1. The molecule has 1 aromatic rings. The van der Waals surface area contributed by atoms with Gasteiger partial charge in [0.15, 0.2) is 5.75 Å². The molecule has 1 saturated carbocycles. The molecule has 5 nitrogen and oxygen atoms in total. The zero-order chi connectivity index (χ0) is 12.8. The molecule has 2 aliphatic rings. The zero-order valence-electron chi connectivity index (χ0n) is 10.4. The van der Waals surface area contributed by atoms with Gasteiger partial charge in [0.25, 0.3) is 5.76 Å². The number of hydrogen-bond donors (Lipinski definition) is 1. The Hall–Kier alpha value is -1.65.